The molecule has 0 saturated carbocycles. The van der Waals surface area contributed by atoms with Crippen LogP contribution in [0.5, 0.6) is 0 Å². The zero-order valence-electron chi connectivity index (χ0n) is 39.4. The number of amides is 2. The molecular weight excluding hydrogens is 881 g/mol. The number of carboxylic acids is 1. The molecule has 0 bridgehead atoms. The van der Waals surface area contributed by atoms with Crippen molar-refractivity contribution in [3.05, 3.63) is 58.2 Å². The molecule has 6 heterocycles. The Morgan fingerprint density at radius 3 is 2.57 bits per heavy atom. The smallest absolute Gasteiger partial charge is 0.408 e. The second-order valence-corrected chi connectivity index (χ2v) is 19.8. The van der Waals surface area contributed by atoms with Gasteiger partial charge in [-0.3, -0.25) is 24.5 Å². The summed E-state index contributed by atoms with van der Waals surface area (Å²) < 4.78 is 31.5. The standard InChI is InChI=1S/C48H64N8O10S/c1-29(62-7)39-33(10-8-16-50-39)41-35(25-48(5,6)61)34-24-30(12-13-38(34)55(41)19-23-65-32-14-20-63-21-15-32)37-28-67-43(51-37)42(54-18-22-64-27-31(54)26-49)40(52-46(60)66-47(2,3)4)44(57)56-17-9-11-36(53-56)45(58)59/h8,10,12-13,16,24,28-29,31-32,36,40,42,53,61H,9,11,14-15,17-23,25,27H2,1-7H3,(H,52,60)(H,58,59)/t29-,31-,36-,40-,42-/m0/s1. The molecule has 3 fully saturated rings. The lowest BCUT2D eigenvalue weighted by atomic mass is 9.92. The Morgan fingerprint density at radius 1 is 1.09 bits per heavy atom. The van der Waals surface area contributed by atoms with Crippen LogP contribution in [0.4, 0.5) is 4.79 Å². The molecule has 3 saturated heterocycles. The van der Waals surface area contributed by atoms with Gasteiger partial charge in [0.25, 0.3) is 5.91 Å². The van der Waals surface area contributed by atoms with E-state index < -0.39 is 53.3 Å². The summed E-state index contributed by atoms with van der Waals surface area (Å²) in [5.74, 6) is -1.71. The molecular formula is C48H64N8O10S. The summed E-state index contributed by atoms with van der Waals surface area (Å²) in [6, 6.07) is 8.17. The van der Waals surface area contributed by atoms with E-state index in [1.165, 1.54) is 16.3 Å². The molecule has 1 aromatic carbocycles. The zero-order valence-corrected chi connectivity index (χ0v) is 40.3. The minimum Gasteiger partial charge on any atom is -0.480 e. The third kappa shape index (κ3) is 12.0. The first-order valence-corrected chi connectivity index (χ1v) is 23.9. The molecule has 18 nitrogen and oxygen atoms in total. The number of hydrogen-bond donors (Lipinski definition) is 4. The molecule has 0 unspecified atom stereocenters. The Labute approximate surface area is 395 Å². The number of carbonyl (C=O) groups is 3. The first-order valence-electron chi connectivity index (χ1n) is 23.0. The summed E-state index contributed by atoms with van der Waals surface area (Å²) in [5.41, 5.74) is 6.54. The van der Waals surface area contributed by atoms with Crippen LogP contribution in [0.15, 0.2) is 41.9 Å². The molecule has 2 amide bonds. The van der Waals surface area contributed by atoms with Crippen molar-refractivity contribution in [3.8, 4) is 28.6 Å². The third-order valence-electron chi connectivity index (χ3n) is 12.2. The average Bonchev–Trinajstić information content (AvgIpc) is 3.90. The van der Waals surface area contributed by atoms with Gasteiger partial charge in [0, 0.05) is 80.0 Å². The number of aliphatic carboxylic acids is 1. The highest BCUT2D eigenvalue weighted by Crippen LogP contribution is 2.42. The average molecular weight is 945 g/mol. The van der Waals surface area contributed by atoms with Crippen molar-refractivity contribution in [1.29, 1.82) is 5.26 Å². The molecule has 0 radical (unpaired) electrons. The zero-order chi connectivity index (χ0) is 48.0. The van der Waals surface area contributed by atoms with E-state index in [1.807, 2.05) is 41.5 Å². The number of pyridine rings is 1. The summed E-state index contributed by atoms with van der Waals surface area (Å²) in [6.45, 7) is 13.7. The topological polar surface area (TPSA) is 223 Å². The van der Waals surface area contributed by atoms with E-state index in [9.17, 15) is 29.9 Å². The van der Waals surface area contributed by atoms with Gasteiger partial charge in [0.05, 0.1) is 66.8 Å². The molecule has 19 heteroatoms. The number of carboxylic acid groups (broad SMARTS) is 1. The van der Waals surface area contributed by atoms with Crippen LogP contribution in [0, 0.1) is 11.3 Å². The lowest BCUT2D eigenvalue weighted by molar-refractivity contribution is -0.149. The van der Waals surface area contributed by atoms with Gasteiger partial charge in [0.2, 0.25) is 0 Å². The van der Waals surface area contributed by atoms with Gasteiger partial charge in [-0.1, -0.05) is 6.07 Å². The predicted molar refractivity (Wildman–Crippen MR) is 250 cm³/mol. The molecule has 3 aromatic heterocycles. The predicted octanol–water partition coefficient (Wildman–Crippen LogP) is 5.78. The molecule has 4 N–H and O–H groups in total. The summed E-state index contributed by atoms with van der Waals surface area (Å²) in [7, 11) is 1.65. The normalized spacial score (nSPS) is 20.3. The van der Waals surface area contributed by atoms with E-state index in [-0.39, 0.29) is 38.5 Å². The number of benzene rings is 1. The van der Waals surface area contributed by atoms with Gasteiger partial charge in [-0.25, -0.2) is 15.2 Å². The number of thiazole rings is 1. The van der Waals surface area contributed by atoms with Crippen molar-refractivity contribution >= 4 is 40.2 Å². The Kier molecular flexibility index (Phi) is 16.0. The van der Waals surface area contributed by atoms with E-state index in [2.05, 4.69) is 27.4 Å². The minimum absolute atomic E-state index is 0.0591. The number of morpholine rings is 1. The fourth-order valence-electron chi connectivity index (χ4n) is 9.04. The second-order valence-electron chi connectivity index (χ2n) is 18.9. The monoisotopic (exact) mass is 944 g/mol. The quantitative estimate of drug-likeness (QED) is 0.105. The summed E-state index contributed by atoms with van der Waals surface area (Å²) in [6.07, 6.45) is 3.35. The summed E-state index contributed by atoms with van der Waals surface area (Å²) in [5, 5.41) is 39.1. The first-order chi connectivity index (χ1) is 32.0. The second kappa shape index (κ2) is 21.5. The Balaban J connectivity index is 1.35. The molecule has 362 valence electrons. The van der Waals surface area contributed by atoms with Crippen molar-refractivity contribution in [2.75, 3.05) is 53.2 Å². The number of nitrogens with zero attached hydrogens (tertiary/aromatic N) is 6. The number of nitrogens with one attached hydrogen (secondary N) is 2. The van der Waals surface area contributed by atoms with Crippen LogP contribution in [0.25, 0.3) is 33.4 Å². The Morgan fingerprint density at radius 2 is 1.87 bits per heavy atom. The number of hydrazine groups is 1. The highest BCUT2D eigenvalue weighted by Gasteiger charge is 2.45. The Hall–Kier alpha value is -5.04. The molecule has 7 rings (SSSR count). The lowest BCUT2D eigenvalue weighted by Crippen LogP contribution is -2.63. The van der Waals surface area contributed by atoms with Gasteiger partial charge < -0.3 is 43.8 Å². The molecule has 5 atom stereocenters. The number of rotatable bonds is 16. The molecule has 0 aliphatic carbocycles. The molecule has 0 spiro atoms. The number of aliphatic hydroxyl groups is 1. The largest absolute Gasteiger partial charge is 0.480 e. The SMILES string of the molecule is CO[C@@H](C)c1ncccc1-c1c(CC(C)(C)O)c2cc(-c3csc([C@H]([C@H](NC(=O)OC(C)(C)C)C(=O)N4CCC[C@@H](C(=O)O)N4)N4CCOC[C@@H]4C#N)n3)ccc2n1CCOC1CCOCC1. The minimum atomic E-state index is -1.37. The maximum absolute atomic E-state index is 14.8. The van der Waals surface area contributed by atoms with Crippen LogP contribution in [0.1, 0.15) is 95.6 Å². The van der Waals surface area contributed by atoms with Gasteiger partial charge in [-0.15, -0.1) is 11.3 Å². The number of methoxy groups -OCH3 is 1. The maximum atomic E-state index is 14.8. The van der Waals surface area contributed by atoms with Crippen molar-refractivity contribution < 1.29 is 48.3 Å². The van der Waals surface area contributed by atoms with Crippen molar-refractivity contribution in [1.82, 2.24) is 35.2 Å². The van der Waals surface area contributed by atoms with Crippen molar-refractivity contribution in [2.24, 2.45) is 0 Å². The van der Waals surface area contributed by atoms with Gasteiger partial charge in [-0.05, 0) is 97.1 Å². The van der Waals surface area contributed by atoms with Crippen LogP contribution in [-0.4, -0.2) is 141 Å². The van der Waals surface area contributed by atoms with Crippen LogP contribution in [0.3, 0.4) is 0 Å². The number of carbonyl (C=O) groups excluding carboxylic acids is 2. The summed E-state index contributed by atoms with van der Waals surface area (Å²) in [4.78, 5) is 52.3. The fraction of sp³-hybridized carbons (Fsp3) is 0.583. The molecule has 3 aliphatic rings. The van der Waals surface area contributed by atoms with E-state index in [1.54, 1.807) is 47.9 Å². The number of nitriles is 1. The van der Waals surface area contributed by atoms with E-state index >= 15 is 0 Å². The van der Waals surface area contributed by atoms with Gasteiger partial charge >= 0.3 is 12.1 Å². The fourth-order valence-corrected chi connectivity index (χ4v) is 10.0. The third-order valence-corrected chi connectivity index (χ3v) is 13.1. The van der Waals surface area contributed by atoms with Crippen LogP contribution >= 0.6 is 11.3 Å². The summed E-state index contributed by atoms with van der Waals surface area (Å²) >= 11 is 1.28. The van der Waals surface area contributed by atoms with Gasteiger partial charge in [0.15, 0.2) is 0 Å². The van der Waals surface area contributed by atoms with Gasteiger partial charge in [-0.2, -0.15) is 5.26 Å². The Bertz CT molecular complexity index is 2410. The highest BCUT2D eigenvalue weighted by molar-refractivity contribution is 7.10. The van der Waals surface area contributed by atoms with Crippen molar-refractivity contribution in [3.63, 3.8) is 0 Å². The van der Waals surface area contributed by atoms with Crippen LogP contribution in [0.2, 0.25) is 0 Å². The molecule has 3 aliphatic heterocycles. The number of alkyl carbamates (subject to hydrolysis) is 1. The maximum Gasteiger partial charge on any atom is 0.408 e. The number of aromatic nitrogens is 3. The van der Waals surface area contributed by atoms with E-state index in [0.29, 0.717) is 56.3 Å². The van der Waals surface area contributed by atoms with Crippen LogP contribution in [-0.2, 0) is 46.2 Å². The molecule has 67 heavy (non-hydrogen) atoms. The first kappa shape index (κ1) is 49.9. The molecule has 4 aromatic rings. The van der Waals surface area contributed by atoms with Gasteiger partial charge in [0.1, 0.15) is 28.7 Å². The van der Waals surface area contributed by atoms with E-state index in [0.717, 1.165) is 51.8 Å². The van der Waals surface area contributed by atoms with Crippen molar-refractivity contribution in [2.45, 2.75) is 128 Å². The lowest BCUT2D eigenvalue weighted by Gasteiger charge is -2.42. The number of fused-ring (bicyclic) bond motifs is 1. The van der Waals surface area contributed by atoms with Crippen LogP contribution < -0.4 is 10.7 Å². The number of ether oxygens (including phenoxy) is 5. The highest BCUT2D eigenvalue weighted by atomic mass is 32.1. The number of hydrogen-bond acceptors (Lipinski definition) is 15. The van der Waals surface area contributed by atoms with E-state index in [4.69, 9.17) is 33.7 Å².